The molecule has 0 radical (unpaired) electrons. The maximum atomic E-state index is 13.2. The lowest BCUT2D eigenvalue weighted by Crippen LogP contribution is -2.51. The van der Waals surface area contributed by atoms with Crippen molar-refractivity contribution in [3.05, 3.63) is 29.8 Å². The topological polar surface area (TPSA) is 130 Å². The van der Waals surface area contributed by atoms with Crippen LogP contribution in [0.25, 0.3) is 0 Å². The molecule has 0 bridgehead atoms. The average molecular weight is 522 g/mol. The number of nitrogens with zero attached hydrogens (tertiary/aromatic N) is 2. The van der Waals surface area contributed by atoms with Gasteiger partial charge < -0.3 is 4.84 Å². The molecule has 1 aromatic rings. The number of hydrogen-bond acceptors (Lipinski definition) is 8. The van der Waals surface area contributed by atoms with Crippen LogP contribution in [0.2, 0.25) is 0 Å². The summed E-state index contributed by atoms with van der Waals surface area (Å²) >= 11 is 4.24. The minimum Gasteiger partial charge on any atom is -0.331 e. The summed E-state index contributed by atoms with van der Waals surface area (Å²) in [6.45, 7) is 8.95. The molecule has 1 fully saturated rings. The Hall–Kier alpha value is -1.67. The van der Waals surface area contributed by atoms with E-state index in [1.54, 1.807) is 12.1 Å². The third-order valence-electron chi connectivity index (χ3n) is 5.07. The second kappa shape index (κ2) is 9.90. The third-order valence-corrected chi connectivity index (χ3v) is 8.17. The second-order valence-corrected chi connectivity index (χ2v) is 13.7. The van der Waals surface area contributed by atoms with Crippen LogP contribution in [0.1, 0.15) is 46.6 Å². The number of rotatable bonds is 7. The molecule has 0 aliphatic carbocycles. The van der Waals surface area contributed by atoms with Crippen LogP contribution in [0.4, 0.5) is 0 Å². The first kappa shape index (κ1) is 27.6. The van der Waals surface area contributed by atoms with Gasteiger partial charge in [-0.05, 0) is 29.5 Å². The van der Waals surface area contributed by atoms with E-state index in [9.17, 15) is 26.4 Å². The Labute approximate surface area is 201 Å². The zero-order valence-corrected chi connectivity index (χ0v) is 22.0. The van der Waals surface area contributed by atoms with Crippen LogP contribution in [0.15, 0.2) is 29.2 Å². The van der Waals surface area contributed by atoms with E-state index in [-0.39, 0.29) is 27.9 Å². The molecule has 1 N–H and O–H groups in total. The Morgan fingerprint density at radius 2 is 1.70 bits per heavy atom. The van der Waals surface area contributed by atoms with Crippen molar-refractivity contribution < 1.29 is 31.3 Å². The number of nitrogens with one attached hydrogen (secondary N) is 1. The third kappa shape index (κ3) is 6.69. The second-order valence-electron chi connectivity index (χ2n) is 9.29. The van der Waals surface area contributed by atoms with Gasteiger partial charge in [0.25, 0.3) is 10.0 Å². The summed E-state index contributed by atoms with van der Waals surface area (Å²) in [4.78, 5) is 30.0. The van der Waals surface area contributed by atoms with Crippen LogP contribution in [0.3, 0.4) is 0 Å². The first-order valence-electron chi connectivity index (χ1n) is 10.3. The molecule has 186 valence electrons. The average Bonchev–Trinajstić information content (AvgIpc) is 3.09. The molecule has 1 aliphatic heterocycles. The van der Waals surface area contributed by atoms with Gasteiger partial charge >= 0.3 is 5.97 Å². The predicted molar refractivity (Wildman–Crippen MR) is 126 cm³/mol. The van der Waals surface area contributed by atoms with Gasteiger partial charge in [-0.2, -0.15) is 16.9 Å². The maximum absolute atomic E-state index is 13.2. The van der Waals surface area contributed by atoms with Crippen molar-refractivity contribution in [3.8, 4) is 0 Å². The van der Waals surface area contributed by atoms with E-state index in [1.807, 2.05) is 20.8 Å². The first-order chi connectivity index (χ1) is 14.9. The highest BCUT2D eigenvalue weighted by Crippen LogP contribution is 2.27. The van der Waals surface area contributed by atoms with E-state index in [2.05, 4.69) is 18.1 Å². The molecule has 0 spiro atoms. The molecule has 0 unspecified atom stereocenters. The normalized spacial score (nSPS) is 20.3. The van der Waals surface area contributed by atoms with Crippen LogP contribution < -0.4 is 5.43 Å². The Morgan fingerprint density at radius 3 is 2.15 bits per heavy atom. The lowest BCUT2D eigenvalue weighted by Gasteiger charge is -2.26. The van der Waals surface area contributed by atoms with Crippen LogP contribution in [0.5, 0.6) is 0 Å². The maximum Gasteiger partial charge on any atom is 0.347 e. The number of hydrazine groups is 1. The molecule has 0 aromatic heterocycles. The van der Waals surface area contributed by atoms with Crippen molar-refractivity contribution in [2.24, 2.45) is 5.92 Å². The van der Waals surface area contributed by atoms with Crippen molar-refractivity contribution in [2.75, 3.05) is 12.8 Å². The largest absolute Gasteiger partial charge is 0.347 e. The fourth-order valence-electron chi connectivity index (χ4n) is 3.08. The summed E-state index contributed by atoms with van der Waals surface area (Å²) in [5.74, 6) is -2.47. The predicted octanol–water partition coefficient (Wildman–Crippen LogP) is 1.45. The lowest BCUT2D eigenvalue weighted by atomic mass is 9.87. The number of carbonyl (C=O) groups excluding carboxylic acids is 2. The molecule has 33 heavy (non-hydrogen) atoms. The van der Waals surface area contributed by atoms with Gasteiger partial charge in [0.1, 0.15) is 6.04 Å². The summed E-state index contributed by atoms with van der Waals surface area (Å²) in [7, 11) is -8.29. The molecule has 0 saturated carbocycles. The number of sulfonamides is 2. The molecule has 1 heterocycles. The van der Waals surface area contributed by atoms with Crippen molar-refractivity contribution >= 4 is 44.6 Å². The molecule has 1 aliphatic rings. The molecule has 10 nitrogen and oxygen atoms in total. The SMILES string of the molecule is CC(C)C(=O)NN(OC(=O)[C@@H]1C[C@@H](S)CN1S(C)(=O)=O)S(=O)(=O)c1ccc(C(C)(C)C)cc1. The van der Waals surface area contributed by atoms with E-state index in [0.29, 0.717) is 0 Å². The van der Waals surface area contributed by atoms with Crippen LogP contribution in [0, 0.1) is 5.92 Å². The van der Waals surface area contributed by atoms with Crippen LogP contribution >= 0.6 is 12.6 Å². The molecule has 13 heteroatoms. The van der Waals surface area contributed by atoms with Crippen LogP contribution in [-0.2, 0) is 39.9 Å². The van der Waals surface area contributed by atoms with E-state index in [4.69, 9.17) is 4.84 Å². The summed E-state index contributed by atoms with van der Waals surface area (Å²) in [5, 5.41) is -0.433. The minimum absolute atomic E-state index is 0.0267. The molecule has 1 amide bonds. The number of hydrogen-bond donors (Lipinski definition) is 2. The number of thiol groups is 1. The molecule has 2 atom stereocenters. The number of benzene rings is 1. The number of amides is 1. The van der Waals surface area contributed by atoms with Gasteiger partial charge in [-0.15, -0.1) is 0 Å². The Balaban J connectivity index is 2.40. The zero-order valence-electron chi connectivity index (χ0n) is 19.5. The fourth-order valence-corrected chi connectivity index (χ4v) is 5.71. The molecule has 1 saturated heterocycles. The Morgan fingerprint density at radius 1 is 1.15 bits per heavy atom. The quantitative estimate of drug-likeness (QED) is 0.410. The fraction of sp³-hybridized carbons (Fsp3) is 0.600. The smallest absolute Gasteiger partial charge is 0.331 e. The summed E-state index contributed by atoms with van der Waals surface area (Å²) in [6, 6.07) is 4.68. The van der Waals surface area contributed by atoms with Gasteiger partial charge in [0.05, 0.1) is 15.7 Å². The molecule has 1 aromatic carbocycles. The lowest BCUT2D eigenvalue weighted by molar-refractivity contribution is -0.184. The van der Waals surface area contributed by atoms with E-state index in [1.165, 1.54) is 26.0 Å². The van der Waals surface area contributed by atoms with E-state index in [0.717, 1.165) is 16.1 Å². The van der Waals surface area contributed by atoms with Crippen molar-refractivity contribution in [1.29, 1.82) is 0 Å². The van der Waals surface area contributed by atoms with Gasteiger partial charge in [-0.1, -0.05) is 46.8 Å². The highest BCUT2D eigenvalue weighted by molar-refractivity contribution is 7.89. The Bertz CT molecular complexity index is 1090. The molecular formula is C20H31N3O7S3. The van der Waals surface area contributed by atoms with Crippen molar-refractivity contribution in [1.82, 2.24) is 14.3 Å². The molecule has 2 rings (SSSR count). The van der Waals surface area contributed by atoms with Crippen LogP contribution in [-0.4, -0.2) is 61.7 Å². The summed E-state index contributed by atoms with van der Waals surface area (Å²) in [6.07, 6.45) is 0.965. The standard InChI is InChI=1S/C20H31N3O7S3/c1-13(2)18(24)21-23(30-19(25)17-11-15(31)12-22(17)32(6,26)27)33(28,29)16-9-7-14(8-10-16)20(3,4)5/h7-10,13,15,17,31H,11-12H2,1-6H3,(H,21,24)/t15-,17+/m1/s1. The van der Waals surface area contributed by atoms with Gasteiger partial charge in [-0.3, -0.25) is 4.79 Å². The van der Waals surface area contributed by atoms with E-state index < -0.39 is 49.1 Å². The van der Waals surface area contributed by atoms with Gasteiger partial charge in [-0.25, -0.2) is 27.1 Å². The molecular weight excluding hydrogens is 490 g/mol. The zero-order chi connectivity index (χ0) is 25.4. The minimum atomic E-state index is -4.51. The van der Waals surface area contributed by atoms with Gasteiger partial charge in [0, 0.05) is 17.7 Å². The van der Waals surface area contributed by atoms with Gasteiger partial charge in [0.15, 0.2) is 0 Å². The van der Waals surface area contributed by atoms with Crippen molar-refractivity contribution in [3.63, 3.8) is 0 Å². The highest BCUT2D eigenvalue weighted by atomic mass is 32.2. The summed E-state index contributed by atoms with van der Waals surface area (Å²) < 4.78 is 51.6. The number of carbonyl (C=O) groups is 2. The van der Waals surface area contributed by atoms with Gasteiger partial charge in [0.2, 0.25) is 15.9 Å². The highest BCUT2D eigenvalue weighted by Gasteiger charge is 2.44. The van der Waals surface area contributed by atoms with Crippen molar-refractivity contribution in [2.45, 2.75) is 62.6 Å². The Kier molecular flexibility index (Phi) is 8.27. The first-order valence-corrected chi connectivity index (χ1v) is 14.1. The van der Waals surface area contributed by atoms with E-state index >= 15 is 0 Å². The summed E-state index contributed by atoms with van der Waals surface area (Å²) in [5.41, 5.74) is 2.75. The monoisotopic (exact) mass is 521 g/mol.